The summed E-state index contributed by atoms with van der Waals surface area (Å²) in [6.45, 7) is 4.34. The van der Waals surface area contributed by atoms with Crippen molar-refractivity contribution in [2.24, 2.45) is 0 Å². The van der Waals surface area contributed by atoms with Crippen LogP contribution in [0.25, 0.3) is 0 Å². The lowest BCUT2D eigenvalue weighted by Crippen LogP contribution is -1.98. The third-order valence-corrected chi connectivity index (χ3v) is 2.08. The maximum Gasteiger partial charge on any atom is 0.231 e. The molecule has 0 bridgehead atoms. The van der Waals surface area contributed by atoms with Crippen molar-refractivity contribution in [1.82, 2.24) is 9.97 Å². The van der Waals surface area contributed by atoms with Crippen molar-refractivity contribution in [1.29, 1.82) is 0 Å². The molecule has 1 rings (SSSR count). The van der Waals surface area contributed by atoms with Gasteiger partial charge in [-0.3, -0.25) is 4.98 Å². The second kappa shape index (κ2) is 4.80. The van der Waals surface area contributed by atoms with Crippen LogP contribution in [-0.4, -0.2) is 17.1 Å². The number of nitrogens with zero attached hydrogens (tertiary/aromatic N) is 2. The zero-order chi connectivity index (χ0) is 9.68. The van der Waals surface area contributed by atoms with E-state index in [1.165, 1.54) is 6.42 Å². The molecule has 3 heteroatoms. The zero-order valence-electron chi connectivity index (χ0n) is 8.45. The molecule has 0 saturated heterocycles. The molecule has 0 radical (unpaired) electrons. The number of methoxy groups -OCH3 is 1. The topological polar surface area (TPSA) is 35.0 Å². The molecular formula is C10H16N2O. The van der Waals surface area contributed by atoms with E-state index >= 15 is 0 Å². The Balaban J connectivity index is 2.67. The van der Waals surface area contributed by atoms with Crippen LogP contribution in [-0.2, 0) is 0 Å². The van der Waals surface area contributed by atoms with Gasteiger partial charge in [0.25, 0.3) is 0 Å². The fourth-order valence-electron chi connectivity index (χ4n) is 1.27. The molecular weight excluding hydrogens is 164 g/mol. The number of ether oxygens (including phenoxy) is 1. The average molecular weight is 180 g/mol. The van der Waals surface area contributed by atoms with Crippen LogP contribution in [0.3, 0.4) is 0 Å². The van der Waals surface area contributed by atoms with Crippen LogP contribution in [0, 0.1) is 0 Å². The molecule has 1 unspecified atom stereocenters. The highest BCUT2D eigenvalue weighted by molar-refractivity contribution is 5.09. The first-order chi connectivity index (χ1) is 6.27. The summed E-state index contributed by atoms with van der Waals surface area (Å²) in [4.78, 5) is 8.40. The van der Waals surface area contributed by atoms with Gasteiger partial charge in [-0.15, -0.1) is 0 Å². The van der Waals surface area contributed by atoms with E-state index in [-0.39, 0.29) is 0 Å². The molecule has 0 aliphatic carbocycles. The standard InChI is InChI=1S/C10H16N2O/c1-4-5-8(2)9-6-12-10(13-3)7-11-9/h6-8H,4-5H2,1-3H3. The summed E-state index contributed by atoms with van der Waals surface area (Å²) in [5.41, 5.74) is 1.04. The van der Waals surface area contributed by atoms with Crippen LogP contribution >= 0.6 is 0 Å². The predicted octanol–water partition coefficient (Wildman–Crippen LogP) is 2.39. The normalized spacial score (nSPS) is 12.5. The summed E-state index contributed by atoms with van der Waals surface area (Å²) in [5.74, 6) is 1.07. The molecule has 3 nitrogen and oxygen atoms in total. The fourth-order valence-corrected chi connectivity index (χ4v) is 1.27. The predicted molar refractivity (Wildman–Crippen MR) is 51.9 cm³/mol. The molecule has 0 fully saturated rings. The third kappa shape index (κ3) is 2.68. The molecule has 0 N–H and O–H groups in total. The van der Waals surface area contributed by atoms with Gasteiger partial charge in [-0.25, -0.2) is 4.98 Å². The molecule has 0 saturated carbocycles. The van der Waals surface area contributed by atoms with E-state index in [9.17, 15) is 0 Å². The van der Waals surface area contributed by atoms with Gasteiger partial charge in [0.15, 0.2) is 0 Å². The van der Waals surface area contributed by atoms with E-state index in [0.29, 0.717) is 11.8 Å². The quantitative estimate of drug-likeness (QED) is 0.713. The van der Waals surface area contributed by atoms with Crippen molar-refractivity contribution in [2.75, 3.05) is 7.11 Å². The summed E-state index contributed by atoms with van der Waals surface area (Å²) in [5, 5.41) is 0. The van der Waals surface area contributed by atoms with Gasteiger partial charge < -0.3 is 4.74 Å². The number of rotatable bonds is 4. The maximum absolute atomic E-state index is 4.94. The summed E-state index contributed by atoms with van der Waals surface area (Å²) in [6.07, 6.45) is 5.79. The minimum absolute atomic E-state index is 0.489. The Morgan fingerprint density at radius 2 is 2.15 bits per heavy atom. The van der Waals surface area contributed by atoms with Crippen molar-refractivity contribution < 1.29 is 4.74 Å². The van der Waals surface area contributed by atoms with Gasteiger partial charge in [0.05, 0.1) is 25.2 Å². The van der Waals surface area contributed by atoms with Gasteiger partial charge >= 0.3 is 0 Å². The first kappa shape index (κ1) is 9.96. The fraction of sp³-hybridized carbons (Fsp3) is 0.600. The Morgan fingerprint density at radius 3 is 2.62 bits per heavy atom. The molecule has 0 aliphatic heterocycles. The largest absolute Gasteiger partial charge is 0.480 e. The molecule has 0 spiro atoms. The van der Waals surface area contributed by atoms with E-state index in [1.54, 1.807) is 19.5 Å². The first-order valence-corrected chi connectivity index (χ1v) is 4.63. The van der Waals surface area contributed by atoms with Gasteiger partial charge in [0.1, 0.15) is 0 Å². The Hall–Kier alpha value is -1.12. The summed E-state index contributed by atoms with van der Waals surface area (Å²) >= 11 is 0. The Bertz CT molecular complexity index is 246. The highest BCUT2D eigenvalue weighted by Crippen LogP contribution is 2.18. The van der Waals surface area contributed by atoms with Crippen LogP contribution in [0.4, 0.5) is 0 Å². The monoisotopic (exact) mass is 180 g/mol. The van der Waals surface area contributed by atoms with Crippen LogP contribution in [0.2, 0.25) is 0 Å². The molecule has 1 aromatic rings. The summed E-state index contributed by atoms with van der Waals surface area (Å²) in [7, 11) is 1.60. The van der Waals surface area contributed by atoms with Crippen LogP contribution < -0.4 is 4.74 Å². The second-order valence-electron chi connectivity index (χ2n) is 3.17. The van der Waals surface area contributed by atoms with Gasteiger partial charge in [-0.1, -0.05) is 20.3 Å². The average Bonchev–Trinajstić information content (AvgIpc) is 2.18. The van der Waals surface area contributed by atoms with Crippen LogP contribution in [0.1, 0.15) is 38.3 Å². The molecule has 0 aromatic carbocycles. The van der Waals surface area contributed by atoms with E-state index in [4.69, 9.17) is 4.74 Å². The molecule has 1 aromatic heterocycles. The molecule has 0 aliphatic rings. The van der Waals surface area contributed by atoms with Gasteiger partial charge in [-0.2, -0.15) is 0 Å². The Labute approximate surface area is 79.2 Å². The van der Waals surface area contributed by atoms with Gasteiger partial charge in [-0.05, 0) is 12.3 Å². The van der Waals surface area contributed by atoms with Crippen molar-refractivity contribution >= 4 is 0 Å². The van der Waals surface area contributed by atoms with Crippen molar-refractivity contribution in [3.8, 4) is 5.88 Å². The maximum atomic E-state index is 4.94. The van der Waals surface area contributed by atoms with Gasteiger partial charge in [0, 0.05) is 0 Å². The number of hydrogen-bond acceptors (Lipinski definition) is 3. The Morgan fingerprint density at radius 1 is 1.38 bits per heavy atom. The molecule has 13 heavy (non-hydrogen) atoms. The van der Waals surface area contributed by atoms with E-state index < -0.39 is 0 Å². The van der Waals surface area contributed by atoms with E-state index in [1.807, 2.05) is 0 Å². The first-order valence-electron chi connectivity index (χ1n) is 4.63. The van der Waals surface area contributed by atoms with Gasteiger partial charge in [0.2, 0.25) is 5.88 Å². The van der Waals surface area contributed by atoms with E-state index in [2.05, 4.69) is 23.8 Å². The second-order valence-corrected chi connectivity index (χ2v) is 3.17. The lowest BCUT2D eigenvalue weighted by Gasteiger charge is -2.08. The summed E-state index contributed by atoms with van der Waals surface area (Å²) < 4.78 is 4.94. The summed E-state index contributed by atoms with van der Waals surface area (Å²) in [6, 6.07) is 0. The van der Waals surface area contributed by atoms with Crippen LogP contribution in [0.5, 0.6) is 5.88 Å². The minimum Gasteiger partial charge on any atom is -0.480 e. The Kier molecular flexibility index (Phi) is 3.68. The highest BCUT2D eigenvalue weighted by atomic mass is 16.5. The zero-order valence-corrected chi connectivity index (χ0v) is 8.45. The molecule has 1 atom stereocenters. The minimum atomic E-state index is 0.489. The SMILES string of the molecule is CCCC(C)c1cnc(OC)cn1. The lowest BCUT2D eigenvalue weighted by atomic mass is 10.0. The smallest absolute Gasteiger partial charge is 0.231 e. The third-order valence-electron chi connectivity index (χ3n) is 2.08. The molecule has 0 amide bonds. The van der Waals surface area contributed by atoms with Crippen LogP contribution in [0.15, 0.2) is 12.4 Å². The molecule has 1 heterocycles. The molecule has 72 valence electrons. The van der Waals surface area contributed by atoms with Crippen molar-refractivity contribution in [2.45, 2.75) is 32.6 Å². The van der Waals surface area contributed by atoms with E-state index in [0.717, 1.165) is 12.1 Å². The number of aromatic nitrogens is 2. The van der Waals surface area contributed by atoms with Crippen molar-refractivity contribution in [3.63, 3.8) is 0 Å². The highest BCUT2D eigenvalue weighted by Gasteiger charge is 2.05. The number of hydrogen-bond donors (Lipinski definition) is 0. The van der Waals surface area contributed by atoms with Crippen molar-refractivity contribution in [3.05, 3.63) is 18.1 Å². The lowest BCUT2D eigenvalue weighted by molar-refractivity contribution is 0.394.